The number of aromatic amines is 1. The molecule has 1 fully saturated rings. The molecule has 3 aliphatic rings. The van der Waals surface area contributed by atoms with Crippen molar-refractivity contribution in [1.29, 1.82) is 0 Å². The van der Waals surface area contributed by atoms with Crippen LogP contribution in [-0.2, 0) is 11.8 Å². The fourth-order valence-corrected chi connectivity index (χ4v) is 4.30. The van der Waals surface area contributed by atoms with E-state index in [1.54, 1.807) is 4.90 Å². The van der Waals surface area contributed by atoms with Crippen molar-refractivity contribution in [3.05, 3.63) is 82.7 Å². The first-order chi connectivity index (χ1) is 14.2. The van der Waals surface area contributed by atoms with Crippen molar-refractivity contribution in [3.63, 3.8) is 0 Å². The summed E-state index contributed by atoms with van der Waals surface area (Å²) in [5.74, 6) is 1.53. The SMILES string of the molecule is O=C(c1n[nH]c2c1C=CC(c1ccccc1)(c1ccc3c(c1)OCO3)C2)N1CC1. The third-order valence-corrected chi connectivity index (χ3v) is 5.99. The number of H-pyrrole nitrogens is 1. The Morgan fingerprint density at radius 3 is 2.69 bits per heavy atom. The Bertz CT molecular complexity index is 1150. The van der Waals surface area contributed by atoms with Gasteiger partial charge in [-0.15, -0.1) is 0 Å². The summed E-state index contributed by atoms with van der Waals surface area (Å²) >= 11 is 0. The van der Waals surface area contributed by atoms with E-state index in [4.69, 9.17) is 9.47 Å². The Labute approximate surface area is 167 Å². The second-order valence-corrected chi connectivity index (χ2v) is 7.67. The van der Waals surface area contributed by atoms with E-state index < -0.39 is 0 Å². The van der Waals surface area contributed by atoms with Gasteiger partial charge in [0.1, 0.15) is 0 Å². The normalized spacial score (nSPS) is 21.2. The molecule has 6 rings (SSSR count). The highest BCUT2D eigenvalue weighted by Gasteiger charge is 2.39. The largest absolute Gasteiger partial charge is 0.454 e. The fraction of sp³-hybridized carbons (Fsp3) is 0.217. The van der Waals surface area contributed by atoms with Crippen LogP contribution >= 0.6 is 0 Å². The molecule has 29 heavy (non-hydrogen) atoms. The summed E-state index contributed by atoms with van der Waals surface area (Å²) in [6.45, 7) is 1.88. The van der Waals surface area contributed by atoms with E-state index in [-0.39, 0.29) is 18.1 Å². The highest BCUT2D eigenvalue weighted by Crippen LogP contribution is 2.45. The first kappa shape index (κ1) is 16.4. The van der Waals surface area contributed by atoms with Gasteiger partial charge < -0.3 is 14.4 Å². The molecule has 1 N–H and O–H groups in total. The highest BCUT2D eigenvalue weighted by atomic mass is 16.7. The number of allylic oxidation sites excluding steroid dienone is 1. The van der Waals surface area contributed by atoms with E-state index >= 15 is 0 Å². The van der Waals surface area contributed by atoms with Crippen molar-refractivity contribution in [3.8, 4) is 11.5 Å². The fourth-order valence-electron chi connectivity index (χ4n) is 4.30. The zero-order chi connectivity index (χ0) is 19.4. The van der Waals surface area contributed by atoms with Gasteiger partial charge >= 0.3 is 0 Å². The lowest BCUT2D eigenvalue weighted by atomic mass is 9.68. The Kier molecular flexibility index (Phi) is 3.38. The van der Waals surface area contributed by atoms with Gasteiger partial charge in [0.25, 0.3) is 5.91 Å². The number of amides is 1. The third-order valence-electron chi connectivity index (χ3n) is 5.99. The van der Waals surface area contributed by atoms with E-state index in [1.807, 2.05) is 18.2 Å². The Morgan fingerprint density at radius 2 is 1.86 bits per heavy atom. The Morgan fingerprint density at radius 1 is 1.03 bits per heavy atom. The van der Waals surface area contributed by atoms with Gasteiger partial charge in [0.15, 0.2) is 17.2 Å². The number of nitrogens with zero attached hydrogens (tertiary/aromatic N) is 2. The molecular weight excluding hydrogens is 366 g/mol. The number of hydrogen-bond donors (Lipinski definition) is 1. The molecule has 144 valence electrons. The van der Waals surface area contributed by atoms with Gasteiger partial charge in [-0.25, -0.2) is 0 Å². The minimum Gasteiger partial charge on any atom is -0.454 e. The molecular formula is C23H19N3O3. The van der Waals surface area contributed by atoms with Crippen LogP contribution < -0.4 is 9.47 Å². The molecule has 1 amide bonds. The minimum absolute atomic E-state index is 0.00226. The molecule has 0 radical (unpaired) electrons. The third kappa shape index (κ3) is 2.49. The van der Waals surface area contributed by atoms with Crippen molar-refractivity contribution in [2.24, 2.45) is 0 Å². The number of carbonyl (C=O) groups is 1. The van der Waals surface area contributed by atoms with Crippen molar-refractivity contribution >= 4 is 12.0 Å². The summed E-state index contributed by atoms with van der Waals surface area (Å²) in [6.07, 6.45) is 4.91. The topological polar surface area (TPSA) is 67.2 Å². The molecule has 6 heteroatoms. The van der Waals surface area contributed by atoms with Gasteiger partial charge in [-0.05, 0) is 23.3 Å². The summed E-state index contributed by atoms with van der Waals surface area (Å²) in [5.41, 5.74) is 4.29. The maximum atomic E-state index is 12.5. The lowest BCUT2D eigenvalue weighted by Gasteiger charge is -2.34. The van der Waals surface area contributed by atoms with Crippen LogP contribution in [-0.4, -0.2) is 40.9 Å². The van der Waals surface area contributed by atoms with E-state index in [2.05, 4.69) is 52.7 Å². The number of benzene rings is 2. The van der Waals surface area contributed by atoms with Gasteiger partial charge in [0, 0.05) is 36.2 Å². The molecule has 1 atom stereocenters. The van der Waals surface area contributed by atoms with Gasteiger partial charge in [0.2, 0.25) is 6.79 Å². The molecule has 1 unspecified atom stereocenters. The first-order valence-electron chi connectivity index (χ1n) is 9.76. The molecule has 0 bridgehead atoms. The van der Waals surface area contributed by atoms with Gasteiger partial charge in [0.05, 0.1) is 0 Å². The molecule has 3 heterocycles. The van der Waals surface area contributed by atoms with E-state index in [1.165, 1.54) is 5.56 Å². The van der Waals surface area contributed by atoms with Gasteiger partial charge in [-0.3, -0.25) is 9.89 Å². The van der Waals surface area contributed by atoms with Crippen LogP contribution in [0.3, 0.4) is 0 Å². The molecule has 0 saturated carbocycles. The number of nitrogens with one attached hydrogen (secondary N) is 1. The second kappa shape index (κ2) is 5.98. The van der Waals surface area contributed by atoms with Crippen molar-refractivity contribution in [2.75, 3.05) is 19.9 Å². The molecule has 1 aliphatic carbocycles. The molecule has 6 nitrogen and oxygen atoms in total. The zero-order valence-electron chi connectivity index (χ0n) is 15.7. The van der Waals surface area contributed by atoms with Crippen LogP contribution in [0.2, 0.25) is 0 Å². The number of fused-ring (bicyclic) bond motifs is 2. The predicted molar refractivity (Wildman–Crippen MR) is 107 cm³/mol. The predicted octanol–water partition coefficient (Wildman–Crippen LogP) is 3.15. The smallest absolute Gasteiger partial charge is 0.275 e. The molecule has 2 aliphatic heterocycles. The average molecular weight is 385 g/mol. The van der Waals surface area contributed by atoms with Crippen LogP contribution in [0.1, 0.15) is 32.9 Å². The summed E-state index contributed by atoms with van der Waals surface area (Å²) in [4.78, 5) is 14.3. The second-order valence-electron chi connectivity index (χ2n) is 7.67. The maximum absolute atomic E-state index is 12.5. The van der Waals surface area contributed by atoms with E-state index in [0.717, 1.165) is 41.4 Å². The number of rotatable bonds is 3. The lowest BCUT2D eigenvalue weighted by Crippen LogP contribution is -2.30. The van der Waals surface area contributed by atoms with Crippen molar-refractivity contribution < 1.29 is 14.3 Å². The molecule has 2 aromatic carbocycles. The standard InChI is InChI=1S/C23H19N3O3/c27-22(26-10-11-26)21-17-8-9-23(13-18(17)24-25-21,15-4-2-1-3-5-15)16-6-7-19-20(12-16)29-14-28-19/h1-9,12H,10-11,13-14H2,(H,24,25). The van der Waals surface area contributed by atoms with Gasteiger partial charge in [-0.1, -0.05) is 48.6 Å². The van der Waals surface area contributed by atoms with E-state index in [0.29, 0.717) is 12.1 Å². The zero-order valence-corrected chi connectivity index (χ0v) is 15.7. The quantitative estimate of drug-likeness (QED) is 0.704. The van der Waals surface area contributed by atoms with Crippen molar-refractivity contribution in [1.82, 2.24) is 15.1 Å². The number of ether oxygens (including phenoxy) is 2. The Balaban J connectivity index is 1.49. The van der Waals surface area contributed by atoms with Crippen LogP contribution in [0, 0.1) is 0 Å². The lowest BCUT2D eigenvalue weighted by molar-refractivity contribution is 0.0880. The Hall–Kier alpha value is -3.54. The monoisotopic (exact) mass is 385 g/mol. The van der Waals surface area contributed by atoms with Crippen LogP contribution in [0.25, 0.3) is 6.08 Å². The molecule has 3 aromatic rings. The summed E-state index contributed by atoms with van der Waals surface area (Å²) < 4.78 is 11.1. The van der Waals surface area contributed by atoms with Crippen LogP contribution in [0.5, 0.6) is 11.5 Å². The summed E-state index contributed by atoms with van der Waals surface area (Å²) in [7, 11) is 0. The van der Waals surface area contributed by atoms with Crippen LogP contribution in [0.15, 0.2) is 54.6 Å². The number of aromatic nitrogens is 2. The number of hydrogen-bond acceptors (Lipinski definition) is 4. The van der Waals surface area contributed by atoms with Crippen molar-refractivity contribution in [2.45, 2.75) is 11.8 Å². The summed E-state index contributed by atoms with van der Waals surface area (Å²) in [5, 5.41) is 7.49. The molecule has 0 spiro atoms. The number of carbonyl (C=O) groups excluding carboxylic acids is 1. The van der Waals surface area contributed by atoms with Crippen LogP contribution in [0.4, 0.5) is 0 Å². The molecule has 1 saturated heterocycles. The van der Waals surface area contributed by atoms with E-state index in [9.17, 15) is 4.79 Å². The highest BCUT2D eigenvalue weighted by molar-refractivity contribution is 5.97. The first-order valence-corrected chi connectivity index (χ1v) is 9.76. The minimum atomic E-state index is -0.387. The molecule has 1 aromatic heterocycles. The average Bonchev–Trinajstić information content (AvgIpc) is 3.37. The maximum Gasteiger partial charge on any atom is 0.275 e. The summed E-state index contributed by atoms with van der Waals surface area (Å²) in [6, 6.07) is 16.5. The van der Waals surface area contributed by atoms with Gasteiger partial charge in [-0.2, -0.15) is 5.10 Å².